The molecule has 27 heavy (non-hydrogen) atoms. The van der Waals surface area contributed by atoms with E-state index in [0.717, 1.165) is 32.0 Å². The molecule has 1 aromatic carbocycles. The second-order valence-corrected chi connectivity index (χ2v) is 7.85. The number of pyridine rings is 1. The van der Waals surface area contributed by atoms with Crippen molar-refractivity contribution in [2.75, 3.05) is 36.4 Å². The lowest BCUT2D eigenvalue weighted by Gasteiger charge is -2.56. The van der Waals surface area contributed by atoms with Crippen LogP contribution in [0.5, 0.6) is 0 Å². The number of benzene rings is 1. The number of nitrogens with zero attached hydrogens (tertiary/aromatic N) is 4. The van der Waals surface area contributed by atoms with Crippen LogP contribution in [-0.4, -0.2) is 41.1 Å². The lowest BCUT2D eigenvalue weighted by atomic mass is 9.74. The van der Waals surface area contributed by atoms with Gasteiger partial charge in [0.15, 0.2) is 11.6 Å². The van der Waals surface area contributed by atoms with E-state index in [-0.39, 0.29) is 15.7 Å². The number of nitrogens with one attached hydrogen (secondary N) is 2. The molecule has 9 heteroatoms. The predicted octanol–water partition coefficient (Wildman–Crippen LogP) is 3.62. The molecule has 5 rings (SSSR count). The molecule has 0 bridgehead atoms. The smallest absolute Gasteiger partial charge is 0.166 e. The average molecular weight is 405 g/mol. The highest BCUT2D eigenvalue weighted by atomic mass is 35.5. The number of hydrogen-bond donors (Lipinski definition) is 2. The topological polar surface area (TPSA) is 66.0 Å². The van der Waals surface area contributed by atoms with Crippen LogP contribution in [0.25, 0.3) is 11.0 Å². The van der Waals surface area contributed by atoms with Crippen molar-refractivity contribution in [1.82, 2.24) is 20.3 Å². The summed E-state index contributed by atoms with van der Waals surface area (Å²) >= 11 is 11.8. The summed E-state index contributed by atoms with van der Waals surface area (Å²) in [4.78, 5) is 15.5. The molecule has 6 nitrogen and oxygen atoms in total. The number of aromatic nitrogens is 3. The van der Waals surface area contributed by atoms with Crippen molar-refractivity contribution < 1.29 is 4.39 Å². The van der Waals surface area contributed by atoms with Gasteiger partial charge in [-0.3, -0.25) is 0 Å². The van der Waals surface area contributed by atoms with E-state index in [1.807, 2.05) is 12.1 Å². The standard InChI is InChI=1S/C18H15Cl2FN6/c19-10-1-2-11(15(21)14(10)20)25-17-16-12(23-9-24-17)3-4-13(26-16)27-7-18(8-27)5-22-6-18/h1-4,9,22H,5-8H2,(H,23,24,25). The van der Waals surface area contributed by atoms with E-state index in [9.17, 15) is 4.39 Å². The molecule has 2 saturated heterocycles. The van der Waals surface area contributed by atoms with Crippen LogP contribution in [0.3, 0.4) is 0 Å². The van der Waals surface area contributed by atoms with E-state index < -0.39 is 5.82 Å². The van der Waals surface area contributed by atoms with Crippen LogP contribution in [0.15, 0.2) is 30.6 Å². The zero-order valence-electron chi connectivity index (χ0n) is 14.1. The van der Waals surface area contributed by atoms with E-state index >= 15 is 0 Å². The average Bonchev–Trinajstić information content (AvgIpc) is 2.60. The molecule has 0 atom stereocenters. The van der Waals surface area contributed by atoms with Gasteiger partial charge in [0.25, 0.3) is 0 Å². The number of hydrogen-bond acceptors (Lipinski definition) is 6. The van der Waals surface area contributed by atoms with Crippen LogP contribution in [0.2, 0.25) is 10.0 Å². The van der Waals surface area contributed by atoms with Gasteiger partial charge in [0.1, 0.15) is 17.7 Å². The van der Waals surface area contributed by atoms with E-state index in [2.05, 4.69) is 25.5 Å². The molecule has 1 spiro atoms. The lowest BCUT2D eigenvalue weighted by Crippen LogP contribution is -2.71. The Morgan fingerprint density at radius 3 is 2.67 bits per heavy atom. The molecule has 138 valence electrons. The minimum atomic E-state index is -0.630. The fourth-order valence-electron chi connectivity index (χ4n) is 3.58. The van der Waals surface area contributed by atoms with Crippen molar-refractivity contribution in [3.05, 3.63) is 46.5 Å². The van der Waals surface area contributed by atoms with Crippen LogP contribution >= 0.6 is 23.2 Å². The first-order valence-electron chi connectivity index (χ1n) is 8.53. The summed E-state index contributed by atoms with van der Waals surface area (Å²) in [5, 5.41) is 6.31. The Labute approximate surface area is 164 Å². The van der Waals surface area contributed by atoms with Crippen LogP contribution < -0.4 is 15.5 Å². The Morgan fingerprint density at radius 2 is 1.93 bits per heavy atom. The van der Waals surface area contributed by atoms with Crippen molar-refractivity contribution in [1.29, 1.82) is 0 Å². The Hall–Kier alpha value is -2.22. The number of fused-ring (bicyclic) bond motifs is 1. The molecule has 3 aromatic rings. The van der Waals surface area contributed by atoms with Crippen molar-refractivity contribution in [3.63, 3.8) is 0 Å². The Kier molecular flexibility index (Phi) is 3.86. The zero-order chi connectivity index (χ0) is 18.6. The molecule has 0 aliphatic carbocycles. The number of halogens is 3. The molecular formula is C18H15Cl2FN6. The fourth-order valence-corrected chi connectivity index (χ4v) is 3.89. The number of rotatable bonds is 3. The summed E-state index contributed by atoms with van der Waals surface area (Å²) in [6, 6.07) is 6.91. The van der Waals surface area contributed by atoms with Crippen LogP contribution in [0, 0.1) is 11.2 Å². The fraction of sp³-hybridized carbons (Fsp3) is 0.278. The SMILES string of the molecule is Fc1c(Nc2ncnc3ccc(N4CC5(CNC5)C4)nc23)ccc(Cl)c1Cl. The van der Waals surface area contributed by atoms with E-state index in [1.165, 1.54) is 18.5 Å². The largest absolute Gasteiger partial charge is 0.355 e. The molecular weight excluding hydrogens is 390 g/mol. The van der Waals surface area contributed by atoms with Crippen LogP contribution in [-0.2, 0) is 0 Å². The maximum Gasteiger partial charge on any atom is 0.166 e. The molecule has 2 aliphatic rings. The van der Waals surface area contributed by atoms with E-state index in [1.54, 1.807) is 0 Å². The normalized spacial score (nSPS) is 17.7. The zero-order valence-corrected chi connectivity index (χ0v) is 15.6. The van der Waals surface area contributed by atoms with Gasteiger partial charge < -0.3 is 15.5 Å². The molecule has 4 heterocycles. The van der Waals surface area contributed by atoms with Gasteiger partial charge in [-0.2, -0.15) is 0 Å². The highest BCUT2D eigenvalue weighted by molar-refractivity contribution is 6.42. The Balaban J connectivity index is 1.49. The molecule has 0 radical (unpaired) electrons. The van der Waals surface area contributed by atoms with Crippen molar-refractivity contribution in [2.45, 2.75) is 0 Å². The van der Waals surface area contributed by atoms with Crippen molar-refractivity contribution in [2.24, 2.45) is 5.41 Å². The summed E-state index contributed by atoms with van der Waals surface area (Å²) in [7, 11) is 0. The summed E-state index contributed by atoms with van der Waals surface area (Å²) in [5.74, 6) is 0.654. The molecule has 2 fully saturated rings. The molecule has 0 saturated carbocycles. The molecule has 0 unspecified atom stereocenters. The molecule has 2 aromatic heterocycles. The van der Waals surface area contributed by atoms with Gasteiger partial charge in [-0.25, -0.2) is 19.3 Å². The van der Waals surface area contributed by atoms with E-state index in [4.69, 9.17) is 28.2 Å². The summed E-state index contributed by atoms with van der Waals surface area (Å²) in [5.41, 5.74) is 1.83. The monoisotopic (exact) mass is 404 g/mol. The third-order valence-corrected chi connectivity index (χ3v) is 5.91. The maximum absolute atomic E-state index is 14.4. The maximum atomic E-state index is 14.4. The Morgan fingerprint density at radius 1 is 1.11 bits per heavy atom. The van der Waals surface area contributed by atoms with Gasteiger partial charge in [0.05, 0.1) is 21.2 Å². The number of anilines is 3. The molecule has 2 aliphatic heterocycles. The van der Waals surface area contributed by atoms with Gasteiger partial charge in [-0.15, -0.1) is 0 Å². The summed E-state index contributed by atoms with van der Waals surface area (Å²) < 4.78 is 14.4. The van der Waals surface area contributed by atoms with Crippen LogP contribution in [0.4, 0.5) is 21.7 Å². The summed E-state index contributed by atoms with van der Waals surface area (Å²) in [6.07, 6.45) is 1.42. The van der Waals surface area contributed by atoms with Gasteiger partial charge in [-0.05, 0) is 24.3 Å². The first-order chi connectivity index (χ1) is 13.0. The van der Waals surface area contributed by atoms with Gasteiger partial charge >= 0.3 is 0 Å². The van der Waals surface area contributed by atoms with Crippen molar-refractivity contribution >= 4 is 51.6 Å². The third kappa shape index (κ3) is 2.77. The van der Waals surface area contributed by atoms with Gasteiger partial charge in [0, 0.05) is 31.6 Å². The first kappa shape index (κ1) is 16.9. The van der Waals surface area contributed by atoms with Gasteiger partial charge in [0.2, 0.25) is 0 Å². The van der Waals surface area contributed by atoms with Crippen LogP contribution in [0.1, 0.15) is 0 Å². The second-order valence-electron chi connectivity index (χ2n) is 7.07. The lowest BCUT2D eigenvalue weighted by molar-refractivity contribution is 0.120. The minimum absolute atomic E-state index is 0.131. The third-order valence-electron chi connectivity index (χ3n) is 5.13. The quantitative estimate of drug-likeness (QED) is 0.649. The second kappa shape index (κ2) is 6.15. The first-order valence-corrected chi connectivity index (χ1v) is 9.28. The predicted molar refractivity (Wildman–Crippen MR) is 105 cm³/mol. The van der Waals surface area contributed by atoms with Crippen molar-refractivity contribution in [3.8, 4) is 0 Å². The molecule has 0 amide bonds. The summed E-state index contributed by atoms with van der Waals surface area (Å²) in [6.45, 7) is 4.08. The Bertz CT molecular complexity index is 1050. The van der Waals surface area contributed by atoms with E-state index in [0.29, 0.717) is 22.3 Å². The van der Waals surface area contributed by atoms with Gasteiger partial charge in [-0.1, -0.05) is 23.2 Å². The highest BCUT2D eigenvalue weighted by Gasteiger charge is 2.47. The highest BCUT2D eigenvalue weighted by Crippen LogP contribution is 2.37. The molecule has 2 N–H and O–H groups in total. The minimum Gasteiger partial charge on any atom is -0.355 e.